The van der Waals surface area contributed by atoms with E-state index in [-0.39, 0.29) is 22.0 Å². The molecule has 0 aliphatic rings. The molecule has 0 bridgehead atoms. The molecule has 0 saturated carbocycles. The van der Waals surface area contributed by atoms with Crippen molar-refractivity contribution in [3.05, 3.63) is 28.8 Å². The molecule has 0 atom stereocenters. The highest BCUT2D eigenvalue weighted by Gasteiger charge is 2.27. The van der Waals surface area contributed by atoms with Crippen molar-refractivity contribution in [2.75, 3.05) is 20.2 Å². The number of halogens is 1. The number of aromatic carboxylic acids is 1. The molecular weight excluding hydrogens is 322 g/mol. The van der Waals surface area contributed by atoms with Crippen molar-refractivity contribution in [1.82, 2.24) is 4.31 Å². The number of carbonyl (C=O) groups is 2. The SMILES string of the molecule is CCN(CC(=O)OC)S(=O)(=O)c1ccc(Cl)c(C(=O)O)c1. The number of sulfonamides is 1. The Bertz CT molecular complexity index is 658. The minimum atomic E-state index is -4.02. The largest absolute Gasteiger partial charge is 0.478 e. The van der Waals surface area contributed by atoms with Crippen LogP contribution < -0.4 is 0 Å². The third kappa shape index (κ3) is 3.93. The van der Waals surface area contributed by atoms with Gasteiger partial charge in [0.1, 0.15) is 6.54 Å². The first-order valence-corrected chi connectivity index (χ1v) is 7.65. The molecule has 0 fully saturated rings. The van der Waals surface area contributed by atoms with E-state index >= 15 is 0 Å². The molecule has 0 aliphatic heterocycles. The highest BCUT2D eigenvalue weighted by molar-refractivity contribution is 7.89. The fourth-order valence-electron chi connectivity index (χ4n) is 1.55. The van der Waals surface area contributed by atoms with Gasteiger partial charge in [-0.25, -0.2) is 13.2 Å². The summed E-state index contributed by atoms with van der Waals surface area (Å²) in [5.41, 5.74) is -0.327. The molecule has 9 heteroatoms. The fourth-order valence-corrected chi connectivity index (χ4v) is 3.17. The maximum atomic E-state index is 12.4. The van der Waals surface area contributed by atoms with E-state index < -0.39 is 28.5 Å². The van der Waals surface area contributed by atoms with Gasteiger partial charge in [0.15, 0.2) is 0 Å². The molecule has 0 spiro atoms. The van der Waals surface area contributed by atoms with Crippen molar-refractivity contribution in [2.45, 2.75) is 11.8 Å². The number of carboxylic acids is 1. The number of nitrogens with zero attached hydrogens (tertiary/aromatic N) is 1. The summed E-state index contributed by atoms with van der Waals surface area (Å²) in [5, 5.41) is 8.90. The van der Waals surface area contributed by atoms with Crippen LogP contribution in [0.4, 0.5) is 0 Å². The van der Waals surface area contributed by atoms with Crippen LogP contribution in [0.5, 0.6) is 0 Å². The molecule has 116 valence electrons. The van der Waals surface area contributed by atoms with Crippen LogP contribution >= 0.6 is 11.6 Å². The van der Waals surface area contributed by atoms with Gasteiger partial charge in [-0.2, -0.15) is 4.31 Å². The van der Waals surface area contributed by atoms with Crippen LogP contribution in [0.25, 0.3) is 0 Å². The average molecular weight is 336 g/mol. The van der Waals surface area contributed by atoms with Crippen LogP contribution in [0.15, 0.2) is 23.1 Å². The van der Waals surface area contributed by atoms with E-state index in [0.29, 0.717) is 0 Å². The maximum absolute atomic E-state index is 12.4. The van der Waals surface area contributed by atoms with E-state index in [4.69, 9.17) is 16.7 Å². The van der Waals surface area contributed by atoms with Crippen LogP contribution in [0, 0.1) is 0 Å². The Morgan fingerprint density at radius 1 is 1.38 bits per heavy atom. The number of hydrogen-bond acceptors (Lipinski definition) is 5. The van der Waals surface area contributed by atoms with Gasteiger partial charge in [0.05, 0.1) is 22.6 Å². The van der Waals surface area contributed by atoms with Crippen LogP contribution in [0.3, 0.4) is 0 Å². The normalized spacial score (nSPS) is 11.4. The monoisotopic (exact) mass is 335 g/mol. The zero-order valence-electron chi connectivity index (χ0n) is 11.4. The number of benzene rings is 1. The van der Waals surface area contributed by atoms with Gasteiger partial charge in [-0.15, -0.1) is 0 Å². The van der Waals surface area contributed by atoms with Crippen molar-refractivity contribution < 1.29 is 27.9 Å². The molecular formula is C12H14ClNO6S. The lowest BCUT2D eigenvalue weighted by molar-refractivity contribution is -0.140. The Balaban J connectivity index is 3.26. The van der Waals surface area contributed by atoms with Gasteiger partial charge in [-0.1, -0.05) is 18.5 Å². The second-order valence-corrected chi connectivity index (χ2v) is 6.30. The Hall–Kier alpha value is -1.64. The van der Waals surface area contributed by atoms with E-state index in [2.05, 4.69) is 4.74 Å². The quantitative estimate of drug-likeness (QED) is 0.784. The first kappa shape index (κ1) is 17.4. The molecule has 1 rings (SSSR count). The number of hydrogen-bond donors (Lipinski definition) is 1. The predicted molar refractivity (Wildman–Crippen MR) is 74.9 cm³/mol. The molecule has 0 amide bonds. The molecule has 0 saturated heterocycles. The van der Waals surface area contributed by atoms with E-state index in [1.165, 1.54) is 12.1 Å². The standard InChI is InChI=1S/C12H14ClNO6S/c1-3-14(7-11(15)20-2)21(18,19)8-4-5-10(13)9(6-8)12(16)17/h4-6H,3,7H2,1-2H3,(H,16,17). The zero-order valence-corrected chi connectivity index (χ0v) is 12.9. The number of rotatable bonds is 6. The summed E-state index contributed by atoms with van der Waals surface area (Å²) in [6, 6.07) is 3.33. The van der Waals surface area contributed by atoms with E-state index in [1.54, 1.807) is 6.92 Å². The van der Waals surface area contributed by atoms with Crippen LogP contribution in [-0.4, -0.2) is 50.0 Å². The smallest absolute Gasteiger partial charge is 0.337 e. The summed E-state index contributed by atoms with van der Waals surface area (Å²) >= 11 is 5.70. The van der Waals surface area contributed by atoms with E-state index in [1.807, 2.05) is 0 Å². The number of ether oxygens (including phenoxy) is 1. The van der Waals surface area contributed by atoms with E-state index in [9.17, 15) is 18.0 Å². The molecule has 0 aromatic heterocycles. The maximum Gasteiger partial charge on any atom is 0.337 e. The van der Waals surface area contributed by atoms with E-state index in [0.717, 1.165) is 17.5 Å². The highest BCUT2D eigenvalue weighted by atomic mass is 35.5. The second kappa shape index (κ2) is 6.88. The van der Waals surface area contributed by atoms with Crippen molar-refractivity contribution in [3.63, 3.8) is 0 Å². The molecule has 7 nitrogen and oxygen atoms in total. The van der Waals surface area contributed by atoms with Crippen LogP contribution in [0.1, 0.15) is 17.3 Å². The van der Waals surface area contributed by atoms with Crippen molar-refractivity contribution in [3.8, 4) is 0 Å². The molecule has 1 aromatic rings. The lowest BCUT2D eigenvalue weighted by Gasteiger charge is -2.19. The van der Waals surface area contributed by atoms with Crippen molar-refractivity contribution in [1.29, 1.82) is 0 Å². The van der Waals surface area contributed by atoms with Crippen LogP contribution in [-0.2, 0) is 19.6 Å². The number of methoxy groups -OCH3 is 1. The van der Waals surface area contributed by atoms with Crippen LogP contribution in [0.2, 0.25) is 5.02 Å². The lowest BCUT2D eigenvalue weighted by atomic mass is 10.2. The third-order valence-corrected chi connectivity index (χ3v) is 4.94. The minimum absolute atomic E-state index is 0.0302. The molecule has 1 N–H and O–H groups in total. The van der Waals surface area contributed by atoms with Crippen molar-refractivity contribution >= 4 is 33.6 Å². The molecule has 0 radical (unpaired) electrons. The molecule has 21 heavy (non-hydrogen) atoms. The van der Waals surface area contributed by atoms with Gasteiger partial charge in [-0.3, -0.25) is 4.79 Å². The van der Waals surface area contributed by atoms with Crippen molar-refractivity contribution in [2.24, 2.45) is 0 Å². The summed E-state index contributed by atoms with van der Waals surface area (Å²) in [6.07, 6.45) is 0. The lowest BCUT2D eigenvalue weighted by Crippen LogP contribution is -2.36. The zero-order chi connectivity index (χ0) is 16.2. The van der Waals surface area contributed by atoms with Gasteiger partial charge < -0.3 is 9.84 Å². The Labute approximate surface area is 127 Å². The molecule has 0 unspecified atom stereocenters. The number of carbonyl (C=O) groups excluding carboxylic acids is 1. The van der Waals surface area contributed by atoms with Gasteiger partial charge in [0.2, 0.25) is 10.0 Å². The number of esters is 1. The average Bonchev–Trinajstić information content (AvgIpc) is 2.43. The minimum Gasteiger partial charge on any atom is -0.478 e. The summed E-state index contributed by atoms with van der Waals surface area (Å²) in [5.74, 6) is -2.05. The topological polar surface area (TPSA) is 101 Å². The van der Waals surface area contributed by atoms with Gasteiger partial charge in [0, 0.05) is 6.54 Å². The summed E-state index contributed by atoms with van der Waals surface area (Å²) in [6.45, 7) is 1.12. The molecule has 0 aliphatic carbocycles. The summed E-state index contributed by atoms with van der Waals surface area (Å²) < 4.78 is 30.1. The fraction of sp³-hybridized carbons (Fsp3) is 0.333. The first-order valence-electron chi connectivity index (χ1n) is 5.83. The van der Waals surface area contributed by atoms with Gasteiger partial charge >= 0.3 is 11.9 Å². The van der Waals surface area contributed by atoms with Gasteiger partial charge in [0.25, 0.3) is 0 Å². The summed E-state index contributed by atoms with van der Waals surface area (Å²) in [7, 11) is -2.87. The Morgan fingerprint density at radius 3 is 2.48 bits per heavy atom. The Kier molecular flexibility index (Phi) is 5.70. The first-order chi connectivity index (χ1) is 9.73. The predicted octanol–water partition coefficient (Wildman–Crippen LogP) is 1.22. The third-order valence-electron chi connectivity index (χ3n) is 2.69. The van der Waals surface area contributed by atoms with Gasteiger partial charge in [-0.05, 0) is 18.2 Å². The highest BCUT2D eigenvalue weighted by Crippen LogP contribution is 2.23. The summed E-state index contributed by atoms with van der Waals surface area (Å²) in [4.78, 5) is 22.0. The number of likely N-dealkylation sites (N-methyl/N-ethyl adjacent to an activating group) is 1. The number of carboxylic acid groups (broad SMARTS) is 1. The molecule has 0 heterocycles. The Morgan fingerprint density at radius 2 is 2.00 bits per heavy atom. The molecule has 1 aromatic carbocycles. The second-order valence-electron chi connectivity index (χ2n) is 3.95.